The number of hydrogen-bond acceptors (Lipinski definition) is 2. The van der Waals surface area contributed by atoms with Crippen LogP contribution in [0, 0.1) is 11.8 Å². The number of aromatic amines is 1. The van der Waals surface area contributed by atoms with Crippen molar-refractivity contribution in [1.82, 2.24) is 20.2 Å². The molecule has 0 unspecified atom stereocenters. The van der Waals surface area contributed by atoms with E-state index in [1.54, 1.807) is 6.20 Å². The van der Waals surface area contributed by atoms with Gasteiger partial charge in [0.1, 0.15) is 5.82 Å². The van der Waals surface area contributed by atoms with E-state index in [2.05, 4.69) is 15.3 Å². The highest BCUT2D eigenvalue weighted by Gasteiger charge is 2.35. The predicted molar refractivity (Wildman–Crippen MR) is 89.1 cm³/mol. The molecule has 0 aromatic carbocycles. The van der Waals surface area contributed by atoms with Gasteiger partial charge in [-0.25, -0.2) is 9.78 Å². The molecule has 23 heavy (non-hydrogen) atoms. The molecular weight excluding hydrogens is 288 g/mol. The third-order valence-corrected chi connectivity index (χ3v) is 5.95. The monoisotopic (exact) mass is 316 g/mol. The van der Waals surface area contributed by atoms with E-state index in [4.69, 9.17) is 0 Å². The molecule has 2 amide bonds. The summed E-state index contributed by atoms with van der Waals surface area (Å²) >= 11 is 0. The molecule has 2 saturated carbocycles. The first-order valence-electron chi connectivity index (χ1n) is 9.34. The molecule has 1 aromatic heterocycles. The standard InChI is InChI=1S/C18H28N4O/c23-18(21-16-5-1-3-14(11-16)13-6-7-13)22-10-2-4-15(12-22)17-19-8-9-20-17/h8-9,13-16H,1-7,10-12H2,(H,19,20)(H,21,23)/t14-,15+,16+/m0/s1. The first kappa shape index (κ1) is 15.0. The van der Waals surface area contributed by atoms with Gasteiger partial charge in [0.25, 0.3) is 0 Å². The average molecular weight is 316 g/mol. The third-order valence-electron chi connectivity index (χ3n) is 5.95. The summed E-state index contributed by atoms with van der Waals surface area (Å²) in [6.45, 7) is 1.67. The lowest BCUT2D eigenvalue weighted by molar-refractivity contribution is 0.166. The number of nitrogens with zero attached hydrogens (tertiary/aromatic N) is 2. The molecule has 2 aliphatic carbocycles. The lowest BCUT2D eigenvalue weighted by Gasteiger charge is -2.35. The van der Waals surface area contributed by atoms with Gasteiger partial charge in [-0.1, -0.05) is 12.8 Å². The molecule has 126 valence electrons. The van der Waals surface area contributed by atoms with Crippen molar-refractivity contribution in [1.29, 1.82) is 0 Å². The summed E-state index contributed by atoms with van der Waals surface area (Å²) in [4.78, 5) is 22.2. The van der Waals surface area contributed by atoms with Gasteiger partial charge >= 0.3 is 6.03 Å². The lowest BCUT2D eigenvalue weighted by atomic mass is 9.83. The molecule has 3 atom stereocenters. The predicted octanol–water partition coefficient (Wildman–Crippen LogP) is 3.27. The Morgan fingerprint density at radius 1 is 1.17 bits per heavy atom. The van der Waals surface area contributed by atoms with E-state index in [9.17, 15) is 4.79 Å². The molecule has 0 radical (unpaired) electrons. The molecule has 5 nitrogen and oxygen atoms in total. The first-order valence-corrected chi connectivity index (χ1v) is 9.34. The van der Waals surface area contributed by atoms with Crippen LogP contribution in [0.4, 0.5) is 4.79 Å². The first-order chi connectivity index (χ1) is 11.3. The number of H-pyrrole nitrogens is 1. The number of likely N-dealkylation sites (tertiary alicyclic amines) is 1. The Kier molecular flexibility index (Phi) is 4.27. The van der Waals surface area contributed by atoms with Crippen molar-refractivity contribution in [3.63, 3.8) is 0 Å². The summed E-state index contributed by atoms with van der Waals surface area (Å²) < 4.78 is 0. The molecule has 2 N–H and O–H groups in total. The molecule has 1 aromatic rings. The van der Waals surface area contributed by atoms with Gasteiger partial charge in [0.2, 0.25) is 0 Å². The normalized spacial score (nSPS) is 31.8. The van der Waals surface area contributed by atoms with E-state index in [1.807, 2.05) is 11.1 Å². The molecule has 0 spiro atoms. The molecule has 4 rings (SSSR count). The van der Waals surface area contributed by atoms with Crippen molar-refractivity contribution in [3.8, 4) is 0 Å². The summed E-state index contributed by atoms with van der Waals surface area (Å²) in [6, 6.07) is 0.536. The maximum atomic E-state index is 12.7. The highest BCUT2D eigenvalue weighted by atomic mass is 16.2. The van der Waals surface area contributed by atoms with Crippen LogP contribution in [0.5, 0.6) is 0 Å². The van der Waals surface area contributed by atoms with Crippen LogP contribution in [0.2, 0.25) is 0 Å². The van der Waals surface area contributed by atoms with E-state index in [1.165, 1.54) is 32.1 Å². The van der Waals surface area contributed by atoms with E-state index in [0.29, 0.717) is 12.0 Å². The number of carbonyl (C=O) groups is 1. The van der Waals surface area contributed by atoms with E-state index < -0.39 is 0 Å². The zero-order valence-electron chi connectivity index (χ0n) is 13.8. The van der Waals surface area contributed by atoms with Crippen molar-refractivity contribution in [3.05, 3.63) is 18.2 Å². The minimum absolute atomic E-state index is 0.141. The topological polar surface area (TPSA) is 61.0 Å². The highest BCUT2D eigenvalue weighted by molar-refractivity contribution is 5.74. The molecule has 1 saturated heterocycles. The quantitative estimate of drug-likeness (QED) is 0.899. The van der Waals surface area contributed by atoms with Gasteiger partial charge in [0.05, 0.1) is 0 Å². The van der Waals surface area contributed by atoms with E-state index in [-0.39, 0.29) is 6.03 Å². The van der Waals surface area contributed by atoms with Crippen LogP contribution in [-0.2, 0) is 0 Å². The zero-order chi connectivity index (χ0) is 15.6. The number of hydrogen-bond donors (Lipinski definition) is 2. The van der Waals surface area contributed by atoms with E-state index in [0.717, 1.165) is 50.0 Å². The fraction of sp³-hybridized carbons (Fsp3) is 0.778. The third kappa shape index (κ3) is 3.54. The molecule has 3 fully saturated rings. The minimum Gasteiger partial charge on any atom is -0.348 e. The Morgan fingerprint density at radius 3 is 2.87 bits per heavy atom. The lowest BCUT2D eigenvalue weighted by Crippen LogP contribution is -2.49. The Bertz CT molecular complexity index is 525. The molecule has 1 aliphatic heterocycles. The Hall–Kier alpha value is -1.52. The number of urea groups is 1. The van der Waals surface area contributed by atoms with Crippen molar-refractivity contribution in [2.45, 2.75) is 63.3 Å². The number of nitrogens with one attached hydrogen (secondary N) is 2. The fourth-order valence-corrected chi connectivity index (χ4v) is 4.51. The number of rotatable bonds is 3. The van der Waals surface area contributed by atoms with Gasteiger partial charge in [-0.05, 0) is 50.4 Å². The SMILES string of the molecule is O=C(N[C@@H]1CCC[C@H](C2CC2)C1)N1CCC[C@@H](c2ncc[nH]2)C1. The Labute approximate surface area is 138 Å². The van der Waals surface area contributed by atoms with Crippen molar-refractivity contribution in [2.24, 2.45) is 11.8 Å². The van der Waals surface area contributed by atoms with Crippen LogP contribution in [-0.4, -0.2) is 40.0 Å². The largest absolute Gasteiger partial charge is 0.348 e. The van der Waals surface area contributed by atoms with Gasteiger partial charge in [0.15, 0.2) is 0 Å². The van der Waals surface area contributed by atoms with Crippen LogP contribution in [0.15, 0.2) is 12.4 Å². The van der Waals surface area contributed by atoms with Crippen LogP contribution in [0.25, 0.3) is 0 Å². The summed E-state index contributed by atoms with van der Waals surface area (Å²) in [5.74, 6) is 3.21. The fourth-order valence-electron chi connectivity index (χ4n) is 4.51. The second-order valence-corrected chi connectivity index (χ2v) is 7.67. The number of piperidine rings is 1. The highest BCUT2D eigenvalue weighted by Crippen LogP contribution is 2.43. The molecule has 0 bridgehead atoms. The summed E-state index contributed by atoms with van der Waals surface area (Å²) in [5.41, 5.74) is 0. The number of aromatic nitrogens is 2. The van der Waals surface area contributed by atoms with Crippen molar-refractivity contribution >= 4 is 6.03 Å². The Morgan fingerprint density at radius 2 is 2.09 bits per heavy atom. The van der Waals surface area contributed by atoms with Crippen molar-refractivity contribution < 1.29 is 4.79 Å². The van der Waals surface area contributed by atoms with Gasteiger partial charge in [-0.3, -0.25) is 0 Å². The molecule has 3 aliphatic rings. The maximum Gasteiger partial charge on any atom is 0.317 e. The molecule has 2 heterocycles. The van der Waals surface area contributed by atoms with Crippen LogP contribution in [0.1, 0.15) is 63.1 Å². The van der Waals surface area contributed by atoms with E-state index >= 15 is 0 Å². The van der Waals surface area contributed by atoms with Gasteiger partial charge < -0.3 is 15.2 Å². The smallest absolute Gasteiger partial charge is 0.317 e. The molecule has 5 heteroatoms. The summed E-state index contributed by atoms with van der Waals surface area (Å²) in [6.07, 6.45) is 13.7. The summed E-state index contributed by atoms with van der Waals surface area (Å²) in [5, 5.41) is 3.32. The van der Waals surface area contributed by atoms with Crippen LogP contribution in [0.3, 0.4) is 0 Å². The number of carbonyl (C=O) groups excluding carboxylic acids is 1. The van der Waals surface area contributed by atoms with Gasteiger partial charge in [-0.2, -0.15) is 0 Å². The second-order valence-electron chi connectivity index (χ2n) is 7.67. The van der Waals surface area contributed by atoms with Gasteiger partial charge in [0, 0.05) is 37.4 Å². The zero-order valence-corrected chi connectivity index (χ0v) is 13.8. The number of amides is 2. The summed E-state index contributed by atoms with van der Waals surface area (Å²) in [7, 11) is 0. The average Bonchev–Trinajstić information content (AvgIpc) is 3.30. The van der Waals surface area contributed by atoms with Crippen molar-refractivity contribution in [2.75, 3.05) is 13.1 Å². The minimum atomic E-state index is 0.141. The second kappa shape index (κ2) is 6.54. The van der Waals surface area contributed by atoms with Gasteiger partial charge in [-0.15, -0.1) is 0 Å². The maximum absolute atomic E-state index is 12.7. The number of imidazole rings is 1. The van der Waals surface area contributed by atoms with Crippen LogP contribution >= 0.6 is 0 Å². The van der Waals surface area contributed by atoms with Crippen LogP contribution < -0.4 is 5.32 Å². The Balaban J connectivity index is 1.31. The molecular formula is C18H28N4O.